The zero-order valence-electron chi connectivity index (χ0n) is 14.4. The van der Waals surface area contributed by atoms with Crippen LogP contribution in [0.1, 0.15) is 79.1 Å². The van der Waals surface area contributed by atoms with Gasteiger partial charge in [-0.3, -0.25) is 4.79 Å². The van der Waals surface area contributed by atoms with Crippen LogP contribution in [0.2, 0.25) is 0 Å². The summed E-state index contributed by atoms with van der Waals surface area (Å²) in [6.07, 6.45) is 9.39. The minimum atomic E-state index is -0.336. The third-order valence-electron chi connectivity index (χ3n) is 6.20. The molecule has 1 aliphatic carbocycles. The first-order valence-corrected chi connectivity index (χ1v) is 8.93. The summed E-state index contributed by atoms with van der Waals surface area (Å²) in [5, 5.41) is 6.73. The Balaban J connectivity index is 1.82. The number of carbonyl (C=O) groups excluding carboxylic acids is 1. The molecule has 1 atom stereocenters. The molecule has 0 aromatic heterocycles. The molecule has 1 amide bonds. The van der Waals surface area contributed by atoms with Crippen molar-refractivity contribution in [3.8, 4) is 0 Å². The van der Waals surface area contributed by atoms with Crippen molar-refractivity contribution < 1.29 is 4.79 Å². The van der Waals surface area contributed by atoms with Gasteiger partial charge in [0.25, 0.3) is 0 Å². The largest absolute Gasteiger partial charge is 0.352 e. The molecular formula is C18H34N2O. The van der Waals surface area contributed by atoms with Gasteiger partial charge < -0.3 is 10.6 Å². The fourth-order valence-electron chi connectivity index (χ4n) is 3.90. The second-order valence-corrected chi connectivity index (χ2v) is 8.08. The van der Waals surface area contributed by atoms with Gasteiger partial charge in [-0.1, -0.05) is 27.2 Å². The summed E-state index contributed by atoms with van der Waals surface area (Å²) in [5.74, 6) is 1.04. The molecular weight excluding hydrogens is 260 g/mol. The Morgan fingerprint density at radius 2 is 1.90 bits per heavy atom. The van der Waals surface area contributed by atoms with Crippen LogP contribution in [0.3, 0.4) is 0 Å². The highest BCUT2D eigenvalue weighted by atomic mass is 16.2. The molecule has 0 bridgehead atoms. The van der Waals surface area contributed by atoms with Crippen molar-refractivity contribution in [2.45, 2.75) is 90.6 Å². The molecule has 2 fully saturated rings. The molecule has 3 heteroatoms. The Morgan fingerprint density at radius 1 is 1.24 bits per heavy atom. The molecule has 2 rings (SSSR count). The van der Waals surface area contributed by atoms with Crippen molar-refractivity contribution in [3.05, 3.63) is 0 Å². The molecule has 0 radical (unpaired) electrons. The van der Waals surface area contributed by atoms with Crippen LogP contribution in [0.5, 0.6) is 0 Å². The van der Waals surface area contributed by atoms with E-state index in [2.05, 4.69) is 38.3 Å². The Hall–Kier alpha value is -0.570. The number of hydrogen-bond donors (Lipinski definition) is 2. The normalized spacial score (nSPS) is 34.5. The number of carbonyl (C=O) groups is 1. The van der Waals surface area contributed by atoms with Crippen LogP contribution in [0.15, 0.2) is 0 Å². The summed E-state index contributed by atoms with van der Waals surface area (Å²) in [4.78, 5) is 12.5. The van der Waals surface area contributed by atoms with Crippen LogP contribution in [0, 0.1) is 11.3 Å². The van der Waals surface area contributed by atoms with E-state index in [4.69, 9.17) is 0 Å². The minimum absolute atomic E-state index is 0.223. The van der Waals surface area contributed by atoms with Crippen molar-refractivity contribution in [2.24, 2.45) is 11.3 Å². The van der Waals surface area contributed by atoms with Crippen LogP contribution in [0.25, 0.3) is 0 Å². The molecule has 0 spiro atoms. The summed E-state index contributed by atoms with van der Waals surface area (Å²) in [7, 11) is 0. The first kappa shape index (κ1) is 16.8. The van der Waals surface area contributed by atoms with Crippen LogP contribution in [-0.2, 0) is 4.79 Å². The topological polar surface area (TPSA) is 41.1 Å². The van der Waals surface area contributed by atoms with Gasteiger partial charge in [0.1, 0.15) is 0 Å². The van der Waals surface area contributed by atoms with Crippen LogP contribution >= 0.6 is 0 Å². The molecule has 122 valence electrons. The lowest BCUT2D eigenvalue weighted by molar-refractivity contribution is -0.129. The van der Waals surface area contributed by atoms with E-state index < -0.39 is 0 Å². The van der Waals surface area contributed by atoms with Gasteiger partial charge in [0, 0.05) is 6.04 Å². The summed E-state index contributed by atoms with van der Waals surface area (Å²) in [6, 6.07) is 0.391. The fraction of sp³-hybridized carbons (Fsp3) is 0.944. The third-order valence-corrected chi connectivity index (χ3v) is 6.20. The second kappa shape index (κ2) is 6.68. The second-order valence-electron chi connectivity index (χ2n) is 8.08. The van der Waals surface area contributed by atoms with Crippen LogP contribution in [-0.4, -0.2) is 24.0 Å². The monoisotopic (exact) mass is 294 g/mol. The SMILES string of the molecule is CCC(C)(C)C1CCC(NC(=O)C2(C)CCCCN2)CC1. The highest BCUT2D eigenvalue weighted by molar-refractivity contribution is 5.86. The molecule has 2 aliphatic rings. The highest BCUT2D eigenvalue weighted by Gasteiger charge is 2.37. The van der Waals surface area contributed by atoms with E-state index in [-0.39, 0.29) is 11.4 Å². The van der Waals surface area contributed by atoms with Gasteiger partial charge in [-0.05, 0) is 69.7 Å². The van der Waals surface area contributed by atoms with Gasteiger partial charge in [0.05, 0.1) is 5.54 Å². The predicted molar refractivity (Wildman–Crippen MR) is 88.2 cm³/mol. The summed E-state index contributed by atoms with van der Waals surface area (Å²) in [5.41, 5.74) is 0.115. The predicted octanol–water partition coefficient (Wildman–Crippen LogP) is 3.63. The molecule has 1 saturated heterocycles. The molecule has 21 heavy (non-hydrogen) atoms. The van der Waals surface area contributed by atoms with Gasteiger partial charge in [-0.2, -0.15) is 0 Å². The van der Waals surface area contributed by atoms with E-state index in [1.807, 2.05) is 0 Å². The average molecular weight is 294 g/mol. The number of amides is 1. The number of piperidine rings is 1. The number of rotatable bonds is 4. The van der Waals surface area contributed by atoms with Crippen molar-refractivity contribution in [3.63, 3.8) is 0 Å². The van der Waals surface area contributed by atoms with Crippen molar-refractivity contribution in [1.82, 2.24) is 10.6 Å². The maximum absolute atomic E-state index is 12.5. The lowest BCUT2D eigenvalue weighted by atomic mass is 9.69. The van der Waals surface area contributed by atoms with Gasteiger partial charge in [0.15, 0.2) is 0 Å². The Kier molecular flexibility index (Phi) is 5.34. The van der Waals surface area contributed by atoms with Gasteiger partial charge in [-0.25, -0.2) is 0 Å². The zero-order chi connectivity index (χ0) is 15.5. The quantitative estimate of drug-likeness (QED) is 0.831. The number of hydrogen-bond acceptors (Lipinski definition) is 2. The summed E-state index contributed by atoms with van der Waals surface area (Å²) in [6.45, 7) is 10.1. The van der Waals surface area contributed by atoms with Crippen LogP contribution in [0.4, 0.5) is 0 Å². The molecule has 0 aromatic rings. The van der Waals surface area contributed by atoms with Gasteiger partial charge in [-0.15, -0.1) is 0 Å². The smallest absolute Gasteiger partial charge is 0.240 e. The van der Waals surface area contributed by atoms with E-state index in [1.165, 1.54) is 25.7 Å². The zero-order valence-corrected chi connectivity index (χ0v) is 14.4. The van der Waals surface area contributed by atoms with E-state index in [1.54, 1.807) is 0 Å². The standard InChI is InChI=1S/C18H34N2O/c1-5-17(2,3)14-8-10-15(11-9-14)20-16(21)18(4)12-6-7-13-19-18/h14-15,19H,5-13H2,1-4H3,(H,20,21). The molecule has 1 aliphatic heterocycles. The number of nitrogens with one attached hydrogen (secondary N) is 2. The van der Waals surface area contributed by atoms with Crippen molar-refractivity contribution >= 4 is 5.91 Å². The maximum Gasteiger partial charge on any atom is 0.240 e. The first-order valence-electron chi connectivity index (χ1n) is 8.93. The summed E-state index contributed by atoms with van der Waals surface area (Å²) < 4.78 is 0. The Morgan fingerprint density at radius 3 is 2.43 bits per heavy atom. The molecule has 1 unspecified atom stereocenters. The average Bonchev–Trinajstić information content (AvgIpc) is 2.48. The van der Waals surface area contributed by atoms with Gasteiger partial charge in [0.2, 0.25) is 5.91 Å². The molecule has 1 saturated carbocycles. The molecule has 1 heterocycles. The maximum atomic E-state index is 12.5. The van der Waals surface area contributed by atoms with Crippen molar-refractivity contribution in [1.29, 1.82) is 0 Å². The lowest BCUT2D eigenvalue weighted by Crippen LogP contribution is -2.59. The van der Waals surface area contributed by atoms with Gasteiger partial charge >= 0.3 is 0 Å². The Bertz CT molecular complexity index is 350. The highest BCUT2D eigenvalue weighted by Crippen LogP contribution is 2.40. The lowest BCUT2D eigenvalue weighted by Gasteiger charge is -2.40. The molecule has 0 aromatic carbocycles. The molecule has 2 N–H and O–H groups in total. The van der Waals surface area contributed by atoms with Crippen molar-refractivity contribution in [2.75, 3.05) is 6.54 Å². The third kappa shape index (κ3) is 4.00. The van der Waals surface area contributed by atoms with E-state index >= 15 is 0 Å². The first-order chi connectivity index (χ1) is 9.87. The van der Waals surface area contributed by atoms with E-state index in [9.17, 15) is 4.79 Å². The Labute approximate surface area is 130 Å². The van der Waals surface area contributed by atoms with E-state index in [0.717, 1.165) is 38.1 Å². The van der Waals surface area contributed by atoms with E-state index in [0.29, 0.717) is 11.5 Å². The fourth-order valence-corrected chi connectivity index (χ4v) is 3.90. The minimum Gasteiger partial charge on any atom is -0.352 e. The summed E-state index contributed by atoms with van der Waals surface area (Å²) >= 11 is 0. The van der Waals surface area contributed by atoms with Crippen LogP contribution < -0.4 is 10.6 Å². The molecule has 3 nitrogen and oxygen atoms in total.